The summed E-state index contributed by atoms with van der Waals surface area (Å²) in [7, 11) is 0. The molecule has 30 heavy (non-hydrogen) atoms. The van der Waals surface area contributed by atoms with Gasteiger partial charge in [-0.15, -0.1) is 0 Å². The van der Waals surface area contributed by atoms with Crippen LogP contribution in [0.3, 0.4) is 0 Å². The molecule has 8 nitrogen and oxygen atoms in total. The van der Waals surface area contributed by atoms with E-state index in [2.05, 4.69) is 37.2 Å². The maximum absolute atomic E-state index is 12.9. The van der Waals surface area contributed by atoms with Crippen molar-refractivity contribution in [3.05, 3.63) is 61.5 Å². The Morgan fingerprint density at radius 2 is 1.73 bits per heavy atom. The number of nitrogens with zero attached hydrogens (tertiary/aromatic N) is 1. The van der Waals surface area contributed by atoms with E-state index in [1.54, 1.807) is 12.1 Å². The average Bonchev–Trinajstić information content (AvgIpc) is 2.65. The maximum atomic E-state index is 12.9. The van der Waals surface area contributed by atoms with Crippen molar-refractivity contribution in [3.63, 3.8) is 0 Å². The van der Waals surface area contributed by atoms with Crippen LogP contribution < -0.4 is 15.0 Å². The first-order valence-electron chi connectivity index (χ1n) is 8.18. The molecule has 1 aliphatic heterocycles. The van der Waals surface area contributed by atoms with Crippen molar-refractivity contribution in [1.82, 2.24) is 5.32 Å². The minimum atomic E-state index is -1.14. The molecule has 0 aliphatic carbocycles. The Balaban J connectivity index is 1.96. The van der Waals surface area contributed by atoms with Gasteiger partial charge < -0.3 is 9.84 Å². The van der Waals surface area contributed by atoms with Gasteiger partial charge in [0.15, 0.2) is 6.61 Å². The molecular weight excluding hydrogens is 547 g/mol. The highest BCUT2D eigenvalue weighted by Gasteiger charge is 2.36. The van der Waals surface area contributed by atoms with E-state index < -0.39 is 30.4 Å². The standard InChI is InChI=1S/C19H11Br2ClN2O6/c20-13-6-9(7-14(21)16(13)30-8-15(25)26)5-12-17(27)23-19(29)24(18(12)28)11-3-1-10(22)2-4-11/h1-7H,8H2,(H,25,26)(H,23,27,29)/b12-5+. The van der Waals surface area contributed by atoms with E-state index in [-0.39, 0.29) is 17.0 Å². The van der Waals surface area contributed by atoms with Crippen molar-refractivity contribution < 1.29 is 29.0 Å². The Hall–Kier alpha value is -2.69. The van der Waals surface area contributed by atoms with Gasteiger partial charge in [0, 0.05) is 5.02 Å². The molecule has 0 aromatic heterocycles. The van der Waals surface area contributed by atoms with Crippen LogP contribution in [0.15, 0.2) is 50.9 Å². The Bertz CT molecular complexity index is 1080. The molecule has 1 heterocycles. The van der Waals surface area contributed by atoms with Gasteiger partial charge in [0.1, 0.15) is 11.3 Å². The van der Waals surface area contributed by atoms with E-state index in [9.17, 15) is 19.2 Å². The highest BCUT2D eigenvalue weighted by molar-refractivity contribution is 9.11. The van der Waals surface area contributed by atoms with Gasteiger partial charge in [0.05, 0.1) is 14.6 Å². The van der Waals surface area contributed by atoms with Crippen LogP contribution in [0.2, 0.25) is 5.02 Å². The molecular formula is C19H11Br2ClN2O6. The molecule has 2 aromatic carbocycles. The highest BCUT2D eigenvalue weighted by atomic mass is 79.9. The van der Waals surface area contributed by atoms with Crippen LogP contribution in [0.25, 0.3) is 6.08 Å². The molecule has 0 unspecified atom stereocenters. The normalized spacial score (nSPS) is 15.4. The van der Waals surface area contributed by atoms with Gasteiger partial charge in [-0.1, -0.05) is 11.6 Å². The summed E-state index contributed by atoms with van der Waals surface area (Å²) in [5.41, 5.74) is 0.419. The zero-order valence-electron chi connectivity index (χ0n) is 14.8. The average molecular weight is 559 g/mol. The molecule has 3 rings (SSSR count). The molecule has 1 fully saturated rings. The molecule has 2 aromatic rings. The Labute approximate surface area is 191 Å². The number of hydrogen-bond donors (Lipinski definition) is 2. The quantitative estimate of drug-likeness (QED) is 0.424. The fraction of sp³-hybridized carbons (Fsp3) is 0.0526. The number of barbiturate groups is 1. The van der Waals surface area contributed by atoms with Gasteiger partial charge in [0.2, 0.25) is 0 Å². The minimum Gasteiger partial charge on any atom is -0.480 e. The zero-order chi connectivity index (χ0) is 22.0. The number of ether oxygens (including phenoxy) is 1. The molecule has 11 heteroatoms. The predicted molar refractivity (Wildman–Crippen MR) is 115 cm³/mol. The Morgan fingerprint density at radius 3 is 2.30 bits per heavy atom. The summed E-state index contributed by atoms with van der Waals surface area (Å²) >= 11 is 12.4. The number of amides is 4. The Kier molecular flexibility index (Phi) is 6.59. The SMILES string of the molecule is O=C(O)COc1c(Br)cc(/C=C2\C(=O)NC(=O)N(c3ccc(Cl)cc3)C2=O)cc1Br. The van der Waals surface area contributed by atoms with Crippen LogP contribution in [0.5, 0.6) is 5.75 Å². The number of hydrogen-bond acceptors (Lipinski definition) is 5. The van der Waals surface area contributed by atoms with Crippen LogP contribution >= 0.6 is 43.5 Å². The molecule has 0 atom stereocenters. The van der Waals surface area contributed by atoms with Crippen molar-refractivity contribution in [1.29, 1.82) is 0 Å². The first-order valence-corrected chi connectivity index (χ1v) is 10.1. The monoisotopic (exact) mass is 556 g/mol. The number of rotatable bonds is 5. The number of urea groups is 1. The van der Waals surface area contributed by atoms with E-state index in [4.69, 9.17) is 21.4 Å². The number of anilines is 1. The largest absolute Gasteiger partial charge is 0.480 e. The number of carbonyl (C=O) groups is 4. The summed E-state index contributed by atoms with van der Waals surface area (Å²) in [5.74, 6) is -2.54. The van der Waals surface area contributed by atoms with E-state index in [1.807, 2.05) is 0 Å². The van der Waals surface area contributed by atoms with Crippen molar-refractivity contribution in [2.24, 2.45) is 0 Å². The van der Waals surface area contributed by atoms with Gasteiger partial charge in [0.25, 0.3) is 11.8 Å². The van der Waals surface area contributed by atoms with Gasteiger partial charge in [-0.3, -0.25) is 14.9 Å². The molecule has 1 saturated heterocycles. The van der Waals surface area contributed by atoms with Crippen LogP contribution in [-0.4, -0.2) is 35.5 Å². The third-order valence-corrected chi connectivity index (χ3v) is 5.29. The number of carbonyl (C=O) groups excluding carboxylic acids is 3. The van der Waals surface area contributed by atoms with Gasteiger partial charge in [-0.05, 0) is 79.9 Å². The van der Waals surface area contributed by atoms with Crippen LogP contribution in [-0.2, 0) is 14.4 Å². The fourth-order valence-electron chi connectivity index (χ4n) is 2.58. The van der Waals surface area contributed by atoms with E-state index in [0.717, 1.165) is 4.90 Å². The van der Waals surface area contributed by atoms with Crippen molar-refractivity contribution in [2.45, 2.75) is 0 Å². The lowest BCUT2D eigenvalue weighted by Crippen LogP contribution is -2.54. The number of imide groups is 2. The topological polar surface area (TPSA) is 113 Å². The summed E-state index contributed by atoms with van der Waals surface area (Å²) in [6, 6.07) is 8.20. The number of benzene rings is 2. The van der Waals surface area contributed by atoms with Crippen LogP contribution in [0.1, 0.15) is 5.56 Å². The van der Waals surface area contributed by atoms with Crippen molar-refractivity contribution >= 4 is 79.0 Å². The van der Waals surface area contributed by atoms with E-state index in [1.165, 1.54) is 30.3 Å². The number of carboxylic acid groups (broad SMARTS) is 1. The van der Waals surface area contributed by atoms with E-state index >= 15 is 0 Å². The smallest absolute Gasteiger partial charge is 0.341 e. The molecule has 1 aliphatic rings. The molecule has 0 bridgehead atoms. The molecule has 0 spiro atoms. The van der Waals surface area contributed by atoms with Gasteiger partial charge in [-0.2, -0.15) is 0 Å². The number of halogens is 3. The Morgan fingerprint density at radius 1 is 1.13 bits per heavy atom. The summed E-state index contributed by atoms with van der Waals surface area (Å²) in [5, 5.41) is 11.3. The second-order valence-electron chi connectivity index (χ2n) is 5.93. The number of nitrogens with one attached hydrogen (secondary N) is 1. The molecule has 154 valence electrons. The summed E-state index contributed by atoms with van der Waals surface area (Å²) < 4.78 is 6.00. The summed E-state index contributed by atoms with van der Waals surface area (Å²) in [4.78, 5) is 48.9. The third kappa shape index (κ3) is 4.72. The predicted octanol–water partition coefficient (Wildman–Crippen LogP) is 3.99. The van der Waals surface area contributed by atoms with Crippen molar-refractivity contribution in [3.8, 4) is 5.75 Å². The molecule has 0 radical (unpaired) electrons. The van der Waals surface area contributed by atoms with Gasteiger partial charge in [-0.25, -0.2) is 14.5 Å². The van der Waals surface area contributed by atoms with Crippen LogP contribution in [0.4, 0.5) is 10.5 Å². The maximum Gasteiger partial charge on any atom is 0.341 e. The first-order chi connectivity index (χ1) is 14.2. The second kappa shape index (κ2) is 8.99. The lowest BCUT2D eigenvalue weighted by atomic mass is 10.1. The number of aliphatic carboxylic acids is 1. The van der Waals surface area contributed by atoms with Crippen molar-refractivity contribution in [2.75, 3.05) is 11.5 Å². The van der Waals surface area contributed by atoms with E-state index in [0.29, 0.717) is 19.5 Å². The van der Waals surface area contributed by atoms with Gasteiger partial charge >= 0.3 is 12.0 Å². The summed E-state index contributed by atoms with van der Waals surface area (Å²) in [6.07, 6.45) is 1.31. The lowest BCUT2D eigenvalue weighted by molar-refractivity contribution is -0.139. The third-order valence-electron chi connectivity index (χ3n) is 3.86. The second-order valence-corrected chi connectivity index (χ2v) is 8.08. The lowest BCUT2D eigenvalue weighted by Gasteiger charge is -2.26. The molecule has 4 amide bonds. The minimum absolute atomic E-state index is 0.247. The first kappa shape index (κ1) is 22.0. The highest BCUT2D eigenvalue weighted by Crippen LogP contribution is 2.35. The molecule has 0 saturated carbocycles. The van der Waals surface area contributed by atoms with Crippen LogP contribution in [0, 0.1) is 0 Å². The summed E-state index contributed by atoms with van der Waals surface area (Å²) in [6.45, 7) is -0.545. The fourth-order valence-corrected chi connectivity index (χ4v) is 4.16. The molecule has 2 N–H and O–H groups in total. The zero-order valence-corrected chi connectivity index (χ0v) is 18.7. The number of carboxylic acids is 1.